The second-order valence-corrected chi connectivity index (χ2v) is 5.61. The van der Waals surface area contributed by atoms with E-state index in [0.29, 0.717) is 18.0 Å². The summed E-state index contributed by atoms with van der Waals surface area (Å²) in [7, 11) is 0. The third-order valence-corrected chi connectivity index (χ3v) is 4.32. The van der Waals surface area contributed by atoms with Gasteiger partial charge in [0.05, 0.1) is 0 Å². The molecule has 2 aliphatic heterocycles. The van der Waals surface area contributed by atoms with Crippen LogP contribution in [0.15, 0.2) is 0 Å². The lowest BCUT2D eigenvalue weighted by molar-refractivity contribution is 0.0132. The normalized spacial score (nSPS) is 44.4. The zero-order valence-electron chi connectivity index (χ0n) is 9.52. The van der Waals surface area contributed by atoms with Crippen LogP contribution in [0.3, 0.4) is 0 Å². The summed E-state index contributed by atoms with van der Waals surface area (Å²) in [4.78, 5) is 0. The molecule has 2 heterocycles. The first-order valence-corrected chi connectivity index (χ1v) is 5.96. The standard InChI is InChI=1S/C12H22FN/c1-8(2)9(3)12(13)6-10-4-5-11(7-12)14-10/h8-11,14H,4-7H2,1-3H3. The Kier molecular flexibility index (Phi) is 2.59. The molecule has 2 fully saturated rings. The lowest BCUT2D eigenvalue weighted by Gasteiger charge is -2.40. The molecule has 82 valence electrons. The molecule has 3 atom stereocenters. The third kappa shape index (κ3) is 1.69. The van der Waals surface area contributed by atoms with E-state index in [0.717, 1.165) is 12.8 Å². The summed E-state index contributed by atoms with van der Waals surface area (Å²) in [5.74, 6) is 0.658. The van der Waals surface area contributed by atoms with Crippen LogP contribution in [-0.2, 0) is 0 Å². The van der Waals surface area contributed by atoms with E-state index in [9.17, 15) is 4.39 Å². The minimum Gasteiger partial charge on any atom is -0.311 e. The molecule has 14 heavy (non-hydrogen) atoms. The largest absolute Gasteiger partial charge is 0.311 e. The van der Waals surface area contributed by atoms with Gasteiger partial charge < -0.3 is 5.32 Å². The van der Waals surface area contributed by atoms with Crippen LogP contribution >= 0.6 is 0 Å². The summed E-state index contributed by atoms with van der Waals surface area (Å²) >= 11 is 0. The summed E-state index contributed by atoms with van der Waals surface area (Å²) in [5, 5.41) is 3.50. The average molecular weight is 199 g/mol. The molecular weight excluding hydrogens is 177 g/mol. The number of nitrogens with one attached hydrogen (secondary N) is 1. The van der Waals surface area contributed by atoms with Crippen molar-refractivity contribution < 1.29 is 4.39 Å². The molecule has 2 bridgehead atoms. The molecular formula is C12H22FN. The zero-order chi connectivity index (χ0) is 10.3. The summed E-state index contributed by atoms with van der Waals surface area (Å²) < 4.78 is 14.7. The maximum absolute atomic E-state index is 14.7. The van der Waals surface area contributed by atoms with Crippen LogP contribution in [0.5, 0.6) is 0 Å². The van der Waals surface area contributed by atoms with Crippen molar-refractivity contribution in [1.29, 1.82) is 0 Å². The number of alkyl halides is 1. The van der Waals surface area contributed by atoms with Crippen LogP contribution < -0.4 is 5.32 Å². The number of hydrogen-bond donors (Lipinski definition) is 1. The Balaban J connectivity index is 2.09. The Morgan fingerprint density at radius 3 is 2.07 bits per heavy atom. The van der Waals surface area contributed by atoms with Gasteiger partial charge in [-0.15, -0.1) is 0 Å². The highest BCUT2D eigenvalue weighted by molar-refractivity contribution is 5.02. The molecule has 0 saturated carbocycles. The van der Waals surface area contributed by atoms with Crippen LogP contribution in [0, 0.1) is 11.8 Å². The average Bonchev–Trinajstić information content (AvgIpc) is 2.44. The summed E-state index contributed by atoms with van der Waals surface area (Å²) in [6.45, 7) is 6.35. The van der Waals surface area contributed by atoms with E-state index >= 15 is 0 Å². The fraction of sp³-hybridized carbons (Fsp3) is 1.00. The predicted octanol–water partition coefficient (Wildman–Crippen LogP) is 2.90. The quantitative estimate of drug-likeness (QED) is 0.721. The maximum Gasteiger partial charge on any atom is 0.116 e. The van der Waals surface area contributed by atoms with Gasteiger partial charge in [-0.25, -0.2) is 4.39 Å². The smallest absolute Gasteiger partial charge is 0.116 e. The van der Waals surface area contributed by atoms with Gasteiger partial charge in [0, 0.05) is 12.1 Å². The van der Waals surface area contributed by atoms with Crippen molar-refractivity contribution in [2.24, 2.45) is 11.8 Å². The van der Waals surface area contributed by atoms with E-state index in [4.69, 9.17) is 0 Å². The van der Waals surface area contributed by atoms with Crippen molar-refractivity contribution >= 4 is 0 Å². The van der Waals surface area contributed by atoms with Gasteiger partial charge in [-0.05, 0) is 37.5 Å². The molecule has 2 aliphatic rings. The Bertz CT molecular complexity index is 202. The van der Waals surface area contributed by atoms with Crippen LogP contribution in [0.25, 0.3) is 0 Å². The van der Waals surface area contributed by atoms with E-state index in [-0.39, 0.29) is 5.92 Å². The molecule has 2 rings (SSSR count). The molecule has 0 amide bonds. The van der Waals surface area contributed by atoms with Gasteiger partial charge in [-0.2, -0.15) is 0 Å². The highest BCUT2D eigenvalue weighted by atomic mass is 19.1. The molecule has 0 aliphatic carbocycles. The lowest BCUT2D eigenvalue weighted by atomic mass is 9.75. The zero-order valence-corrected chi connectivity index (χ0v) is 9.52. The van der Waals surface area contributed by atoms with E-state index < -0.39 is 5.67 Å². The maximum atomic E-state index is 14.7. The minimum absolute atomic E-state index is 0.202. The molecule has 0 spiro atoms. The number of piperidine rings is 1. The monoisotopic (exact) mass is 199 g/mol. The van der Waals surface area contributed by atoms with Gasteiger partial charge in [0.2, 0.25) is 0 Å². The first kappa shape index (κ1) is 10.4. The van der Waals surface area contributed by atoms with Crippen molar-refractivity contribution in [2.75, 3.05) is 0 Å². The Labute approximate surface area is 86.5 Å². The molecule has 0 aromatic heterocycles. The molecule has 1 nitrogen and oxygen atoms in total. The third-order valence-electron chi connectivity index (χ3n) is 4.32. The Morgan fingerprint density at radius 1 is 1.14 bits per heavy atom. The predicted molar refractivity (Wildman–Crippen MR) is 57.0 cm³/mol. The highest BCUT2D eigenvalue weighted by Crippen LogP contribution is 2.43. The topological polar surface area (TPSA) is 12.0 Å². The molecule has 0 radical (unpaired) electrons. The van der Waals surface area contributed by atoms with Gasteiger partial charge in [-0.1, -0.05) is 20.8 Å². The van der Waals surface area contributed by atoms with Crippen molar-refractivity contribution in [1.82, 2.24) is 5.32 Å². The summed E-state index contributed by atoms with van der Waals surface area (Å²) in [6, 6.07) is 0.917. The van der Waals surface area contributed by atoms with E-state index in [1.165, 1.54) is 12.8 Å². The second kappa shape index (κ2) is 3.48. The molecule has 2 heteroatoms. The Hall–Kier alpha value is -0.110. The molecule has 0 aromatic carbocycles. The van der Waals surface area contributed by atoms with Gasteiger partial charge in [0.1, 0.15) is 5.67 Å². The number of halogens is 1. The fourth-order valence-electron chi connectivity index (χ4n) is 3.10. The van der Waals surface area contributed by atoms with Crippen molar-refractivity contribution in [2.45, 2.75) is 64.2 Å². The number of hydrogen-bond acceptors (Lipinski definition) is 1. The summed E-state index contributed by atoms with van der Waals surface area (Å²) in [5.41, 5.74) is -0.898. The van der Waals surface area contributed by atoms with Gasteiger partial charge >= 0.3 is 0 Å². The van der Waals surface area contributed by atoms with Crippen LogP contribution in [0.4, 0.5) is 4.39 Å². The van der Waals surface area contributed by atoms with Crippen LogP contribution in [0.1, 0.15) is 46.5 Å². The van der Waals surface area contributed by atoms with Crippen molar-refractivity contribution in [3.63, 3.8) is 0 Å². The van der Waals surface area contributed by atoms with Crippen LogP contribution in [0.2, 0.25) is 0 Å². The van der Waals surface area contributed by atoms with E-state index in [1.54, 1.807) is 0 Å². The first-order valence-electron chi connectivity index (χ1n) is 5.96. The van der Waals surface area contributed by atoms with Gasteiger partial charge in [0.15, 0.2) is 0 Å². The van der Waals surface area contributed by atoms with Gasteiger partial charge in [0.25, 0.3) is 0 Å². The van der Waals surface area contributed by atoms with Crippen LogP contribution in [-0.4, -0.2) is 17.8 Å². The molecule has 2 saturated heterocycles. The minimum atomic E-state index is -0.898. The molecule has 3 unspecified atom stereocenters. The van der Waals surface area contributed by atoms with E-state index in [2.05, 4.69) is 26.1 Å². The van der Waals surface area contributed by atoms with Gasteiger partial charge in [-0.3, -0.25) is 0 Å². The van der Waals surface area contributed by atoms with Crippen molar-refractivity contribution in [3.8, 4) is 0 Å². The molecule has 1 N–H and O–H groups in total. The highest BCUT2D eigenvalue weighted by Gasteiger charge is 2.47. The fourth-order valence-corrected chi connectivity index (χ4v) is 3.10. The summed E-state index contributed by atoms with van der Waals surface area (Å²) in [6.07, 6.45) is 3.84. The Morgan fingerprint density at radius 2 is 1.64 bits per heavy atom. The van der Waals surface area contributed by atoms with Crippen molar-refractivity contribution in [3.05, 3.63) is 0 Å². The SMILES string of the molecule is CC(C)C(C)C1(F)CC2CCC(C1)N2. The number of rotatable bonds is 2. The lowest BCUT2D eigenvalue weighted by Crippen LogP contribution is -2.50. The van der Waals surface area contributed by atoms with E-state index in [1.807, 2.05) is 0 Å². The first-order chi connectivity index (χ1) is 6.51. The number of fused-ring (bicyclic) bond motifs is 2. The second-order valence-electron chi connectivity index (χ2n) is 5.61. The molecule has 0 aromatic rings.